The third-order valence-corrected chi connectivity index (χ3v) is 5.97. The lowest BCUT2D eigenvalue weighted by atomic mass is 9.71. The van der Waals surface area contributed by atoms with Gasteiger partial charge in [0.2, 0.25) is 6.41 Å². The van der Waals surface area contributed by atoms with E-state index in [2.05, 4.69) is 59.4 Å². The molecule has 1 heterocycles. The third-order valence-electron chi connectivity index (χ3n) is 5.97. The van der Waals surface area contributed by atoms with E-state index in [-0.39, 0.29) is 11.1 Å². The highest BCUT2D eigenvalue weighted by molar-refractivity contribution is 5.76. The summed E-state index contributed by atoms with van der Waals surface area (Å²) in [7, 11) is 8.32. The molecule has 1 aliphatic rings. The molecular weight excluding hydrogens is 314 g/mol. The van der Waals surface area contributed by atoms with Crippen LogP contribution < -0.4 is 10.6 Å². The lowest BCUT2D eigenvalue weighted by Gasteiger charge is -2.49. The van der Waals surface area contributed by atoms with E-state index in [1.807, 2.05) is 13.1 Å². The van der Waals surface area contributed by atoms with Crippen LogP contribution in [0.1, 0.15) is 31.5 Å². The van der Waals surface area contributed by atoms with Crippen LogP contribution in [0.5, 0.6) is 0 Å². The summed E-state index contributed by atoms with van der Waals surface area (Å²) in [6, 6.07) is 8.29. The number of carbonyl (C=O) groups excluding carboxylic acids is 1. The lowest BCUT2D eigenvalue weighted by Crippen LogP contribution is -2.58. The zero-order valence-electron chi connectivity index (χ0n) is 15.7. The molecule has 25 heavy (non-hydrogen) atoms. The van der Waals surface area contributed by atoms with Crippen molar-refractivity contribution in [3.8, 4) is 0 Å². The number of para-hydroxylation sites is 2. The fourth-order valence-corrected chi connectivity index (χ4v) is 4.41. The number of amides is 1. The van der Waals surface area contributed by atoms with Crippen LogP contribution in [0, 0.1) is 0 Å². The van der Waals surface area contributed by atoms with Gasteiger partial charge in [0.1, 0.15) is 5.82 Å². The van der Waals surface area contributed by atoms with Gasteiger partial charge >= 0.3 is 0 Å². The zero-order valence-corrected chi connectivity index (χ0v) is 15.7. The number of likely N-dealkylation sites (N-methyl/N-ethyl adjacent to an activating group) is 1. The van der Waals surface area contributed by atoms with Crippen molar-refractivity contribution >= 4 is 17.4 Å². The molecule has 0 radical (unpaired) electrons. The number of aryl methyl sites for hydroxylation is 1. The summed E-state index contributed by atoms with van der Waals surface area (Å²) in [5.74, 6) is 1.11. The monoisotopic (exact) mass is 343 g/mol. The second-order valence-electron chi connectivity index (χ2n) is 7.48. The number of rotatable bonds is 6. The van der Waals surface area contributed by atoms with Gasteiger partial charge in [-0.2, -0.15) is 0 Å². The molecule has 2 N–H and O–H groups in total. The first kappa shape index (κ1) is 17.9. The Kier molecular flexibility index (Phi) is 4.84. The van der Waals surface area contributed by atoms with Crippen LogP contribution in [0.25, 0.3) is 11.0 Å². The summed E-state index contributed by atoms with van der Waals surface area (Å²) < 4.78 is 2.23. The van der Waals surface area contributed by atoms with Gasteiger partial charge in [0.25, 0.3) is 0 Å². The molecule has 3 rings (SSSR count). The molecule has 1 aromatic carbocycles. The van der Waals surface area contributed by atoms with E-state index >= 15 is 0 Å². The summed E-state index contributed by atoms with van der Waals surface area (Å²) >= 11 is 0. The Hall–Kier alpha value is -1.92. The average Bonchev–Trinajstić information content (AvgIpc) is 2.94. The van der Waals surface area contributed by atoms with Crippen molar-refractivity contribution in [3.05, 3.63) is 30.1 Å². The van der Waals surface area contributed by atoms with Crippen LogP contribution in [0.4, 0.5) is 0 Å². The Morgan fingerprint density at radius 2 is 1.92 bits per heavy atom. The molecule has 0 bridgehead atoms. The van der Waals surface area contributed by atoms with Gasteiger partial charge in [0, 0.05) is 13.6 Å². The Morgan fingerprint density at radius 3 is 2.48 bits per heavy atom. The summed E-state index contributed by atoms with van der Waals surface area (Å²) in [5.41, 5.74) is 1.92. The van der Waals surface area contributed by atoms with Gasteiger partial charge in [-0.05, 0) is 59.0 Å². The van der Waals surface area contributed by atoms with Crippen molar-refractivity contribution in [2.24, 2.45) is 7.05 Å². The van der Waals surface area contributed by atoms with Crippen LogP contribution in [0.3, 0.4) is 0 Å². The Morgan fingerprint density at radius 1 is 1.24 bits per heavy atom. The highest BCUT2D eigenvalue weighted by atomic mass is 16.1. The summed E-state index contributed by atoms with van der Waals surface area (Å²) in [6.07, 6.45) is 4.61. The Bertz CT molecular complexity index is 743. The van der Waals surface area contributed by atoms with Gasteiger partial charge < -0.3 is 15.2 Å². The molecule has 1 saturated carbocycles. The lowest BCUT2D eigenvalue weighted by molar-refractivity contribution is -0.112. The van der Waals surface area contributed by atoms with Gasteiger partial charge in [-0.1, -0.05) is 12.1 Å². The van der Waals surface area contributed by atoms with Gasteiger partial charge in [0.05, 0.1) is 22.1 Å². The molecule has 0 spiro atoms. The van der Waals surface area contributed by atoms with Gasteiger partial charge in [0.15, 0.2) is 0 Å². The summed E-state index contributed by atoms with van der Waals surface area (Å²) in [5, 5.41) is 6.32. The SMILES string of the molecule is CNCC1(NC=O)CCC(c2nc3ccccc3n2C)(N(C)C)CC1. The molecule has 0 unspecified atom stereocenters. The molecule has 1 fully saturated rings. The topological polar surface area (TPSA) is 62.2 Å². The van der Waals surface area contributed by atoms with Crippen molar-refractivity contribution in [3.63, 3.8) is 0 Å². The van der Waals surface area contributed by atoms with Crippen LogP contribution in [0.15, 0.2) is 24.3 Å². The van der Waals surface area contributed by atoms with E-state index in [0.29, 0.717) is 0 Å². The fraction of sp³-hybridized carbons (Fsp3) is 0.579. The number of aromatic nitrogens is 2. The highest BCUT2D eigenvalue weighted by Gasteiger charge is 2.47. The van der Waals surface area contributed by atoms with Crippen LogP contribution in [-0.2, 0) is 17.4 Å². The second-order valence-corrected chi connectivity index (χ2v) is 7.48. The number of hydrogen-bond donors (Lipinski definition) is 2. The molecule has 0 saturated heterocycles. The second kappa shape index (κ2) is 6.77. The van der Waals surface area contributed by atoms with Crippen molar-refractivity contribution in [1.29, 1.82) is 0 Å². The van der Waals surface area contributed by atoms with Gasteiger partial charge in [-0.25, -0.2) is 4.98 Å². The van der Waals surface area contributed by atoms with Gasteiger partial charge in [-0.15, -0.1) is 0 Å². The first-order chi connectivity index (χ1) is 12.0. The number of nitrogens with zero attached hydrogens (tertiary/aromatic N) is 3. The summed E-state index contributed by atoms with van der Waals surface area (Å²) in [4.78, 5) is 18.4. The standard InChI is InChI=1S/C19H29N5O/c1-20-13-18(21-14-25)9-11-19(12-10-18,23(2)3)17-22-15-7-5-6-8-16(15)24(17)4/h5-8,14,20H,9-13H2,1-4H3,(H,21,25). The van der Waals surface area contributed by atoms with Crippen LogP contribution >= 0.6 is 0 Å². The number of imidazole rings is 1. The summed E-state index contributed by atoms with van der Waals surface area (Å²) in [6.45, 7) is 0.789. The minimum Gasteiger partial charge on any atom is -0.352 e. The van der Waals surface area contributed by atoms with Crippen LogP contribution in [0.2, 0.25) is 0 Å². The van der Waals surface area contributed by atoms with Crippen molar-refractivity contribution < 1.29 is 4.79 Å². The Labute approximate surface area is 149 Å². The quantitative estimate of drug-likeness (QED) is 0.782. The molecule has 0 atom stereocenters. The number of carbonyl (C=O) groups is 1. The van der Waals surface area contributed by atoms with E-state index in [9.17, 15) is 4.79 Å². The number of nitrogens with one attached hydrogen (secondary N) is 2. The van der Waals surface area contributed by atoms with E-state index in [0.717, 1.165) is 55.5 Å². The normalized spacial score (nSPS) is 26.9. The maximum Gasteiger partial charge on any atom is 0.207 e. The first-order valence-electron chi connectivity index (χ1n) is 8.93. The van der Waals surface area contributed by atoms with E-state index < -0.39 is 0 Å². The molecule has 0 aliphatic heterocycles. The third kappa shape index (κ3) is 2.93. The molecule has 136 valence electrons. The van der Waals surface area contributed by atoms with Crippen molar-refractivity contribution in [2.45, 2.75) is 36.8 Å². The molecule has 1 aromatic heterocycles. The fourth-order valence-electron chi connectivity index (χ4n) is 4.41. The largest absolute Gasteiger partial charge is 0.352 e. The van der Waals surface area contributed by atoms with Gasteiger partial charge in [-0.3, -0.25) is 9.69 Å². The van der Waals surface area contributed by atoms with E-state index in [1.165, 1.54) is 0 Å². The molecule has 1 aliphatic carbocycles. The molecule has 1 amide bonds. The maximum atomic E-state index is 11.1. The predicted octanol–water partition coefficient (Wildman–Crippen LogP) is 1.61. The Balaban J connectivity index is 1.99. The van der Waals surface area contributed by atoms with E-state index in [4.69, 9.17) is 4.98 Å². The van der Waals surface area contributed by atoms with Crippen molar-refractivity contribution in [1.82, 2.24) is 25.1 Å². The zero-order chi connectivity index (χ0) is 18.1. The molecule has 6 nitrogen and oxygen atoms in total. The first-order valence-corrected chi connectivity index (χ1v) is 8.93. The predicted molar refractivity (Wildman–Crippen MR) is 100 cm³/mol. The maximum absolute atomic E-state index is 11.1. The minimum atomic E-state index is -0.166. The van der Waals surface area contributed by atoms with Crippen molar-refractivity contribution in [2.75, 3.05) is 27.7 Å². The molecule has 2 aromatic rings. The average molecular weight is 343 g/mol. The van der Waals surface area contributed by atoms with E-state index in [1.54, 1.807) is 0 Å². The minimum absolute atomic E-state index is 0.116. The number of fused-ring (bicyclic) bond motifs is 1. The smallest absolute Gasteiger partial charge is 0.207 e. The number of benzene rings is 1. The molecular formula is C19H29N5O. The molecule has 6 heteroatoms. The highest BCUT2D eigenvalue weighted by Crippen LogP contribution is 2.44. The number of hydrogen-bond acceptors (Lipinski definition) is 4. The van der Waals surface area contributed by atoms with Crippen LogP contribution in [-0.4, -0.2) is 54.1 Å².